The van der Waals surface area contributed by atoms with Gasteiger partial charge in [-0.1, -0.05) is 36.4 Å². The predicted molar refractivity (Wildman–Crippen MR) is 121 cm³/mol. The second-order valence-corrected chi connectivity index (χ2v) is 7.67. The molecule has 35 heavy (non-hydrogen) atoms. The Hall–Kier alpha value is -4.47. The fourth-order valence-electron chi connectivity index (χ4n) is 4.05. The first kappa shape index (κ1) is 22.3. The number of alkyl halides is 3. The molecule has 0 bridgehead atoms. The maximum Gasteiger partial charge on any atom is 0.451 e. The van der Waals surface area contributed by atoms with Crippen molar-refractivity contribution in [3.63, 3.8) is 0 Å². The van der Waals surface area contributed by atoms with E-state index in [2.05, 4.69) is 15.3 Å². The molecule has 1 aliphatic rings. The van der Waals surface area contributed by atoms with E-state index in [0.29, 0.717) is 0 Å². The van der Waals surface area contributed by atoms with Crippen molar-refractivity contribution in [2.45, 2.75) is 6.18 Å². The van der Waals surface area contributed by atoms with E-state index in [9.17, 15) is 22.8 Å². The molecule has 0 unspecified atom stereocenters. The van der Waals surface area contributed by atoms with Crippen LogP contribution < -0.4 is 14.8 Å². The van der Waals surface area contributed by atoms with Crippen molar-refractivity contribution in [3.8, 4) is 11.5 Å². The van der Waals surface area contributed by atoms with Crippen molar-refractivity contribution >= 4 is 34.0 Å². The van der Waals surface area contributed by atoms with Crippen LogP contribution in [0.1, 0.15) is 37.7 Å². The van der Waals surface area contributed by atoms with Crippen LogP contribution in [-0.4, -0.2) is 35.8 Å². The maximum absolute atomic E-state index is 13.6. The number of anilines is 2. The molecule has 7 nitrogen and oxygen atoms in total. The molecule has 1 aliphatic carbocycles. The minimum absolute atomic E-state index is 0.0509. The standard InChI is InChI=1S/C25H16F3N3O4/c1-34-18-10-15-17(11-19(18)35-2)30-24(25(26,27)28)31-23(15)29-16-9-5-8-14-20(16)22(33)13-7-4-3-6-12(13)21(14)32/h3-11H,1-2H3,(H,29,30,31). The number of nitrogens with zero attached hydrogens (tertiary/aromatic N) is 2. The van der Waals surface area contributed by atoms with E-state index in [-0.39, 0.29) is 61.9 Å². The second kappa shape index (κ2) is 8.08. The van der Waals surface area contributed by atoms with Gasteiger partial charge in [0.25, 0.3) is 0 Å². The van der Waals surface area contributed by atoms with Crippen molar-refractivity contribution in [1.29, 1.82) is 0 Å². The van der Waals surface area contributed by atoms with Gasteiger partial charge in [0.1, 0.15) is 5.82 Å². The third-order valence-corrected chi connectivity index (χ3v) is 5.66. The number of rotatable bonds is 4. The molecule has 0 fully saturated rings. The molecule has 0 amide bonds. The molecule has 0 atom stereocenters. The number of halogens is 3. The van der Waals surface area contributed by atoms with Crippen LogP contribution in [0.15, 0.2) is 54.6 Å². The van der Waals surface area contributed by atoms with Gasteiger partial charge in [0.05, 0.1) is 31.0 Å². The van der Waals surface area contributed by atoms with Crippen molar-refractivity contribution in [2.24, 2.45) is 0 Å². The van der Waals surface area contributed by atoms with Gasteiger partial charge < -0.3 is 14.8 Å². The molecule has 0 radical (unpaired) electrons. The van der Waals surface area contributed by atoms with Gasteiger partial charge in [-0.05, 0) is 12.1 Å². The highest BCUT2D eigenvalue weighted by Crippen LogP contribution is 2.39. The summed E-state index contributed by atoms with van der Waals surface area (Å²) in [5, 5.41) is 3.04. The zero-order valence-electron chi connectivity index (χ0n) is 18.4. The Morgan fingerprint density at radius 1 is 0.800 bits per heavy atom. The average molecular weight is 479 g/mol. The van der Waals surface area contributed by atoms with E-state index in [1.807, 2.05) is 0 Å². The van der Waals surface area contributed by atoms with Crippen molar-refractivity contribution < 1.29 is 32.2 Å². The van der Waals surface area contributed by atoms with E-state index < -0.39 is 17.8 Å². The first-order chi connectivity index (χ1) is 16.7. The van der Waals surface area contributed by atoms with Crippen molar-refractivity contribution in [3.05, 3.63) is 82.7 Å². The van der Waals surface area contributed by atoms with Crippen LogP contribution in [0.25, 0.3) is 10.9 Å². The number of carbonyl (C=O) groups excluding carboxylic acids is 2. The summed E-state index contributed by atoms with van der Waals surface area (Å²) in [4.78, 5) is 33.7. The van der Waals surface area contributed by atoms with Gasteiger partial charge >= 0.3 is 6.18 Å². The number of benzene rings is 3. The van der Waals surface area contributed by atoms with Crippen LogP contribution >= 0.6 is 0 Å². The lowest BCUT2D eigenvalue weighted by atomic mass is 9.83. The number of methoxy groups -OCH3 is 2. The van der Waals surface area contributed by atoms with Crippen LogP contribution in [0.4, 0.5) is 24.7 Å². The smallest absolute Gasteiger partial charge is 0.451 e. The van der Waals surface area contributed by atoms with E-state index in [1.165, 1.54) is 50.6 Å². The lowest BCUT2D eigenvalue weighted by Gasteiger charge is -2.21. The molecule has 4 aromatic rings. The number of ether oxygens (including phenoxy) is 2. The minimum Gasteiger partial charge on any atom is -0.493 e. The summed E-state index contributed by atoms with van der Waals surface area (Å²) >= 11 is 0. The highest BCUT2D eigenvalue weighted by molar-refractivity contribution is 6.30. The summed E-state index contributed by atoms with van der Waals surface area (Å²) in [6.45, 7) is 0. The van der Waals surface area contributed by atoms with Crippen LogP contribution in [-0.2, 0) is 6.18 Å². The Balaban J connectivity index is 1.72. The molecule has 0 aliphatic heterocycles. The number of carbonyl (C=O) groups is 2. The van der Waals surface area contributed by atoms with Crippen LogP contribution in [0.5, 0.6) is 11.5 Å². The zero-order valence-corrected chi connectivity index (χ0v) is 18.4. The summed E-state index contributed by atoms with van der Waals surface area (Å²) in [6.07, 6.45) is -4.83. The third-order valence-electron chi connectivity index (χ3n) is 5.66. The van der Waals surface area contributed by atoms with Crippen molar-refractivity contribution in [2.75, 3.05) is 19.5 Å². The summed E-state index contributed by atoms with van der Waals surface area (Å²) < 4.78 is 51.3. The third kappa shape index (κ3) is 3.63. The monoisotopic (exact) mass is 479 g/mol. The Morgan fingerprint density at radius 3 is 2.09 bits per heavy atom. The topological polar surface area (TPSA) is 90.4 Å². The molecule has 0 saturated carbocycles. The molecule has 0 spiro atoms. The lowest BCUT2D eigenvalue weighted by Crippen LogP contribution is -2.22. The first-order valence-electron chi connectivity index (χ1n) is 10.3. The Morgan fingerprint density at radius 2 is 1.43 bits per heavy atom. The summed E-state index contributed by atoms with van der Waals surface area (Å²) in [6, 6.07) is 13.7. The fraction of sp³-hybridized carbons (Fsp3) is 0.120. The van der Waals surface area contributed by atoms with Gasteiger partial charge in [0.15, 0.2) is 23.1 Å². The second-order valence-electron chi connectivity index (χ2n) is 7.67. The number of aromatic nitrogens is 2. The van der Waals surface area contributed by atoms with Gasteiger partial charge in [-0.15, -0.1) is 0 Å². The lowest BCUT2D eigenvalue weighted by molar-refractivity contribution is -0.144. The van der Waals surface area contributed by atoms with E-state index in [4.69, 9.17) is 9.47 Å². The van der Waals surface area contributed by atoms with Gasteiger partial charge in [-0.25, -0.2) is 9.97 Å². The average Bonchev–Trinajstić information content (AvgIpc) is 2.85. The first-order valence-corrected chi connectivity index (χ1v) is 10.3. The van der Waals surface area contributed by atoms with E-state index >= 15 is 0 Å². The fourth-order valence-corrected chi connectivity index (χ4v) is 4.05. The molecule has 1 N–H and O–H groups in total. The molecule has 3 aromatic carbocycles. The number of hydrogen-bond donors (Lipinski definition) is 1. The SMILES string of the molecule is COc1cc2nc(C(F)(F)F)nc(Nc3cccc4c3C(=O)c3ccccc3C4=O)c2cc1OC. The van der Waals surface area contributed by atoms with Gasteiger partial charge in [0.2, 0.25) is 5.82 Å². The molecule has 1 aromatic heterocycles. The van der Waals surface area contributed by atoms with Gasteiger partial charge in [0, 0.05) is 28.1 Å². The zero-order chi connectivity index (χ0) is 24.9. The molecule has 10 heteroatoms. The van der Waals surface area contributed by atoms with Crippen LogP contribution in [0.3, 0.4) is 0 Å². The molecule has 176 valence electrons. The maximum atomic E-state index is 13.6. The van der Waals surface area contributed by atoms with Crippen LogP contribution in [0, 0.1) is 0 Å². The summed E-state index contributed by atoms with van der Waals surface area (Å²) in [5.41, 5.74) is 0.771. The quantitative estimate of drug-likeness (QED) is 0.380. The number of hydrogen-bond acceptors (Lipinski definition) is 7. The largest absolute Gasteiger partial charge is 0.493 e. The Kier molecular flexibility index (Phi) is 5.16. The molecule has 0 saturated heterocycles. The Labute approximate surface area is 196 Å². The molecular weight excluding hydrogens is 463 g/mol. The predicted octanol–water partition coefficient (Wildman–Crippen LogP) is 5.18. The van der Waals surface area contributed by atoms with E-state index in [1.54, 1.807) is 18.2 Å². The minimum atomic E-state index is -4.83. The highest BCUT2D eigenvalue weighted by atomic mass is 19.4. The molecular formula is C25H16F3N3O4. The van der Waals surface area contributed by atoms with E-state index in [0.717, 1.165) is 0 Å². The van der Waals surface area contributed by atoms with Crippen molar-refractivity contribution in [1.82, 2.24) is 9.97 Å². The molecule has 1 heterocycles. The van der Waals surface area contributed by atoms with Gasteiger partial charge in [-0.2, -0.15) is 13.2 Å². The number of fused-ring (bicyclic) bond motifs is 3. The molecule has 5 rings (SSSR count). The number of ketones is 2. The highest BCUT2D eigenvalue weighted by Gasteiger charge is 2.36. The number of nitrogens with one attached hydrogen (secondary N) is 1. The Bertz CT molecular complexity index is 1530. The van der Waals surface area contributed by atoms with Crippen LogP contribution in [0.2, 0.25) is 0 Å². The summed E-state index contributed by atoms with van der Waals surface area (Å²) in [7, 11) is 2.74. The normalized spacial score (nSPS) is 12.8. The summed E-state index contributed by atoms with van der Waals surface area (Å²) in [5.74, 6) is -1.93. The van der Waals surface area contributed by atoms with Gasteiger partial charge in [-0.3, -0.25) is 9.59 Å².